The van der Waals surface area contributed by atoms with Crippen LogP contribution < -0.4 is 0 Å². The molecular formula is C21H16ClN3O2. The van der Waals surface area contributed by atoms with E-state index in [4.69, 9.17) is 30.5 Å². The molecule has 1 aliphatic rings. The van der Waals surface area contributed by atoms with Crippen LogP contribution in [-0.4, -0.2) is 15.5 Å². The number of fused-ring (bicyclic) bond motifs is 1. The molecule has 1 atom stereocenters. The summed E-state index contributed by atoms with van der Waals surface area (Å²) in [6.45, 7) is 2.00. The molecule has 3 aromatic heterocycles. The van der Waals surface area contributed by atoms with Gasteiger partial charge in [-0.1, -0.05) is 23.7 Å². The number of hydrogen-bond acceptors (Lipinski definition) is 4. The van der Waals surface area contributed by atoms with E-state index in [1.54, 1.807) is 12.5 Å². The molecule has 5 nitrogen and oxygen atoms in total. The fourth-order valence-electron chi connectivity index (χ4n) is 3.56. The monoisotopic (exact) mass is 377 g/mol. The summed E-state index contributed by atoms with van der Waals surface area (Å²) in [6.07, 6.45) is 4.00. The van der Waals surface area contributed by atoms with Crippen LogP contribution in [0.1, 0.15) is 29.7 Å². The maximum atomic E-state index is 6.06. The van der Waals surface area contributed by atoms with Crippen LogP contribution in [0, 0.1) is 6.92 Å². The normalized spacial score (nSPS) is 16.2. The quantitative estimate of drug-likeness (QED) is 0.452. The maximum absolute atomic E-state index is 6.06. The first kappa shape index (κ1) is 16.1. The van der Waals surface area contributed by atoms with Crippen molar-refractivity contribution in [3.05, 3.63) is 83.3 Å². The molecule has 5 rings (SSSR count). The van der Waals surface area contributed by atoms with E-state index < -0.39 is 0 Å². The summed E-state index contributed by atoms with van der Waals surface area (Å²) < 4.78 is 13.3. The highest BCUT2D eigenvalue weighted by Crippen LogP contribution is 2.41. The first-order valence-corrected chi connectivity index (χ1v) is 9.08. The Balaban J connectivity index is 1.73. The van der Waals surface area contributed by atoms with E-state index in [0.717, 1.165) is 39.9 Å². The predicted molar refractivity (Wildman–Crippen MR) is 104 cm³/mol. The molecule has 4 aromatic rings. The van der Waals surface area contributed by atoms with Gasteiger partial charge in [0.05, 0.1) is 23.9 Å². The van der Waals surface area contributed by atoms with Crippen LogP contribution in [0.2, 0.25) is 5.02 Å². The van der Waals surface area contributed by atoms with Crippen molar-refractivity contribution in [3.8, 4) is 11.1 Å². The fraction of sp³-hybridized carbons (Fsp3) is 0.143. The van der Waals surface area contributed by atoms with Crippen LogP contribution in [0.3, 0.4) is 0 Å². The third kappa shape index (κ3) is 2.71. The number of aryl methyl sites for hydroxylation is 1. The van der Waals surface area contributed by atoms with Gasteiger partial charge >= 0.3 is 0 Å². The molecular weight excluding hydrogens is 362 g/mol. The number of nitrogens with zero attached hydrogens (tertiary/aromatic N) is 3. The highest BCUT2D eigenvalue weighted by molar-refractivity contribution is 6.30. The van der Waals surface area contributed by atoms with Crippen LogP contribution in [0.15, 0.2) is 74.9 Å². The molecule has 0 unspecified atom stereocenters. The van der Waals surface area contributed by atoms with Gasteiger partial charge in [-0.3, -0.25) is 0 Å². The van der Waals surface area contributed by atoms with Crippen LogP contribution >= 0.6 is 11.6 Å². The second kappa shape index (κ2) is 6.28. The zero-order chi connectivity index (χ0) is 18.4. The van der Waals surface area contributed by atoms with Crippen molar-refractivity contribution < 1.29 is 8.83 Å². The summed E-state index contributed by atoms with van der Waals surface area (Å²) in [5.74, 6) is 2.41. The number of furan rings is 2. The Bertz CT molecular complexity index is 1110. The number of rotatable bonds is 3. The van der Waals surface area contributed by atoms with Crippen molar-refractivity contribution in [1.82, 2.24) is 9.78 Å². The Hall–Kier alpha value is -3.05. The molecule has 0 fully saturated rings. The zero-order valence-electron chi connectivity index (χ0n) is 14.6. The maximum Gasteiger partial charge on any atom is 0.159 e. The largest absolute Gasteiger partial charge is 0.467 e. The van der Waals surface area contributed by atoms with Crippen molar-refractivity contribution in [3.63, 3.8) is 0 Å². The van der Waals surface area contributed by atoms with Crippen molar-refractivity contribution in [2.45, 2.75) is 19.4 Å². The summed E-state index contributed by atoms with van der Waals surface area (Å²) in [5.41, 5.74) is 3.81. The van der Waals surface area contributed by atoms with Crippen LogP contribution in [0.5, 0.6) is 0 Å². The second-order valence-corrected chi connectivity index (χ2v) is 6.94. The molecule has 0 saturated carbocycles. The van der Waals surface area contributed by atoms with Gasteiger partial charge in [-0.15, -0.1) is 0 Å². The van der Waals surface area contributed by atoms with Gasteiger partial charge in [-0.2, -0.15) is 5.10 Å². The Labute approximate surface area is 160 Å². The topological polar surface area (TPSA) is 56.5 Å². The van der Waals surface area contributed by atoms with Gasteiger partial charge in [0.2, 0.25) is 0 Å². The minimum atomic E-state index is -0.0765. The first-order valence-electron chi connectivity index (χ1n) is 8.70. The summed E-state index contributed by atoms with van der Waals surface area (Å²) in [5, 5.41) is 5.49. The predicted octanol–water partition coefficient (Wildman–Crippen LogP) is 5.81. The van der Waals surface area contributed by atoms with E-state index in [1.165, 1.54) is 0 Å². The fourth-order valence-corrected chi connectivity index (χ4v) is 3.68. The van der Waals surface area contributed by atoms with Crippen molar-refractivity contribution in [1.29, 1.82) is 0 Å². The Morgan fingerprint density at radius 1 is 1.04 bits per heavy atom. The van der Waals surface area contributed by atoms with E-state index in [2.05, 4.69) is 0 Å². The van der Waals surface area contributed by atoms with Crippen LogP contribution in [0.4, 0.5) is 5.82 Å². The molecule has 6 heteroatoms. The lowest BCUT2D eigenvalue weighted by molar-refractivity contribution is 0.407. The molecule has 0 bridgehead atoms. The molecule has 0 amide bonds. The van der Waals surface area contributed by atoms with E-state index in [-0.39, 0.29) is 6.04 Å². The lowest BCUT2D eigenvalue weighted by atomic mass is 10.0. The molecule has 0 radical (unpaired) electrons. The number of aromatic nitrogens is 2. The summed E-state index contributed by atoms with van der Waals surface area (Å²) in [6, 6.07) is 15.3. The number of aliphatic imine (C=N–C) groups is 1. The van der Waals surface area contributed by atoms with E-state index in [9.17, 15) is 0 Å². The number of benzene rings is 1. The van der Waals surface area contributed by atoms with Gasteiger partial charge in [0.1, 0.15) is 17.6 Å². The molecule has 0 N–H and O–H groups in total. The van der Waals surface area contributed by atoms with Gasteiger partial charge in [0.15, 0.2) is 5.82 Å². The molecule has 134 valence electrons. The van der Waals surface area contributed by atoms with Crippen LogP contribution in [0.25, 0.3) is 11.1 Å². The molecule has 4 heterocycles. The minimum absolute atomic E-state index is 0.0765. The molecule has 0 saturated heterocycles. The average Bonchev–Trinajstić information content (AvgIpc) is 3.42. The molecule has 1 aliphatic heterocycles. The lowest BCUT2D eigenvalue weighted by Gasteiger charge is -2.22. The number of hydrogen-bond donors (Lipinski definition) is 0. The first-order chi connectivity index (χ1) is 13.2. The molecule has 0 spiro atoms. The second-order valence-electron chi connectivity index (χ2n) is 6.51. The number of halogens is 1. The molecule has 0 aliphatic carbocycles. The minimum Gasteiger partial charge on any atom is -0.467 e. The van der Waals surface area contributed by atoms with Crippen molar-refractivity contribution >= 4 is 23.1 Å². The lowest BCUT2D eigenvalue weighted by Crippen LogP contribution is -2.20. The third-order valence-corrected chi connectivity index (χ3v) is 5.05. The van der Waals surface area contributed by atoms with Gasteiger partial charge in [0.25, 0.3) is 0 Å². The van der Waals surface area contributed by atoms with E-state index in [0.29, 0.717) is 11.4 Å². The Morgan fingerprint density at radius 3 is 2.52 bits per heavy atom. The molecule has 27 heavy (non-hydrogen) atoms. The summed E-state index contributed by atoms with van der Waals surface area (Å²) in [7, 11) is 0. The van der Waals surface area contributed by atoms with Crippen LogP contribution in [-0.2, 0) is 0 Å². The van der Waals surface area contributed by atoms with Gasteiger partial charge in [-0.05, 0) is 48.9 Å². The van der Waals surface area contributed by atoms with Gasteiger partial charge < -0.3 is 8.83 Å². The zero-order valence-corrected chi connectivity index (χ0v) is 15.3. The standard InChI is InChI=1S/C21H16ClN3O2/c1-13-20(14-6-8-15(22)9-7-14)21-23-16(18-4-2-10-26-18)12-17(25(21)24-13)19-5-3-11-27-19/h2-11,17H,12H2,1H3/t17-/m1/s1. The average molecular weight is 378 g/mol. The van der Waals surface area contributed by atoms with Crippen molar-refractivity contribution in [2.75, 3.05) is 0 Å². The Kier molecular flexibility index (Phi) is 3.76. The highest BCUT2D eigenvalue weighted by atomic mass is 35.5. The Morgan fingerprint density at radius 2 is 1.81 bits per heavy atom. The van der Waals surface area contributed by atoms with E-state index in [1.807, 2.05) is 60.1 Å². The highest BCUT2D eigenvalue weighted by Gasteiger charge is 2.31. The van der Waals surface area contributed by atoms with Gasteiger partial charge in [0, 0.05) is 17.0 Å². The van der Waals surface area contributed by atoms with Gasteiger partial charge in [-0.25, -0.2) is 9.67 Å². The third-order valence-electron chi connectivity index (χ3n) is 4.79. The smallest absolute Gasteiger partial charge is 0.159 e. The summed E-state index contributed by atoms with van der Waals surface area (Å²) in [4.78, 5) is 4.92. The molecule has 1 aromatic carbocycles. The summed E-state index contributed by atoms with van der Waals surface area (Å²) >= 11 is 6.06. The van der Waals surface area contributed by atoms with Crippen molar-refractivity contribution in [2.24, 2.45) is 4.99 Å². The van der Waals surface area contributed by atoms with E-state index >= 15 is 0 Å². The SMILES string of the molecule is Cc1nn2c(c1-c1ccc(Cl)cc1)N=C(c1ccco1)C[C@@H]2c1ccco1.